The number of para-hydroxylation sites is 1. The third kappa shape index (κ3) is 2.87. The molecule has 1 heterocycles. The first-order valence-corrected chi connectivity index (χ1v) is 8.57. The van der Waals surface area contributed by atoms with Gasteiger partial charge in [0.25, 0.3) is 0 Å². The van der Waals surface area contributed by atoms with Crippen molar-refractivity contribution >= 4 is 46.6 Å². The van der Waals surface area contributed by atoms with E-state index < -0.39 is 0 Å². The lowest BCUT2D eigenvalue weighted by Gasteiger charge is -2.10. The predicted molar refractivity (Wildman–Crippen MR) is 109 cm³/mol. The molecule has 0 bridgehead atoms. The van der Waals surface area contributed by atoms with Crippen molar-refractivity contribution in [3.8, 4) is 0 Å². The first-order chi connectivity index (χ1) is 12.1. The van der Waals surface area contributed by atoms with Crippen LogP contribution in [0.1, 0.15) is 11.1 Å². The summed E-state index contributed by atoms with van der Waals surface area (Å²) < 4.78 is 2.08. The Labute approximate surface area is 151 Å². The first-order valence-electron chi connectivity index (χ1n) is 8.12. The largest absolute Gasteiger partial charge is 0.343 e. The molecule has 0 N–H and O–H groups in total. The van der Waals surface area contributed by atoms with Crippen molar-refractivity contribution in [2.45, 2.75) is 4.90 Å². The van der Waals surface area contributed by atoms with Crippen LogP contribution in [0.3, 0.4) is 0 Å². The van der Waals surface area contributed by atoms with Gasteiger partial charge in [-0.15, -0.1) is 12.6 Å². The van der Waals surface area contributed by atoms with E-state index in [0.717, 1.165) is 37.8 Å². The molecule has 0 amide bonds. The molecule has 1 aromatic heterocycles. The second-order valence-electron chi connectivity index (χ2n) is 6.11. The monoisotopic (exact) mass is 343 g/mol. The zero-order valence-electron chi connectivity index (χ0n) is 13.8. The molecule has 25 heavy (non-hydrogen) atoms. The van der Waals surface area contributed by atoms with Crippen molar-refractivity contribution in [1.29, 1.82) is 0 Å². The molecule has 0 aliphatic heterocycles. The van der Waals surface area contributed by atoms with E-state index in [-0.39, 0.29) is 5.43 Å². The SMILES string of the molecule is Cn1c2ccccc2c(=O)c2ccc(C=Cc3ccc(S)cc3)cc21. The minimum Gasteiger partial charge on any atom is -0.343 e. The van der Waals surface area contributed by atoms with Crippen LogP contribution >= 0.6 is 12.6 Å². The van der Waals surface area contributed by atoms with E-state index in [1.165, 1.54) is 0 Å². The lowest BCUT2D eigenvalue weighted by molar-refractivity contribution is 1.00. The Morgan fingerprint density at radius 2 is 1.44 bits per heavy atom. The molecule has 0 aliphatic carbocycles. The summed E-state index contributed by atoms with van der Waals surface area (Å²) in [6, 6.07) is 21.7. The standard InChI is InChI=1S/C22H17NOS/c1-23-20-5-3-2-4-18(20)22(24)19-13-10-16(14-21(19)23)7-6-15-8-11-17(25)12-9-15/h2-14,25H,1H3. The van der Waals surface area contributed by atoms with Crippen LogP contribution in [0.15, 0.2) is 76.4 Å². The second kappa shape index (κ2) is 6.26. The molecule has 3 heteroatoms. The molecular weight excluding hydrogens is 326 g/mol. The molecule has 0 radical (unpaired) electrons. The Bertz CT molecular complexity index is 1170. The number of nitrogens with zero attached hydrogens (tertiary/aromatic N) is 1. The fourth-order valence-corrected chi connectivity index (χ4v) is 3.28. The van der Waals surface area contributed by atoms with Gasteiger partial charge >= 0.3 is 0 Å². The average molecular weight is 343 g/mol. The Hall–Kier alpha value is -2.78. The van der Waals surface area contributed by atoms with Gasteiger partial charge in [-0.3, -0.25) is 4.79 Å². The highest BCUT2D eigenvalue weighted by molar-refractivity contribution is 7.80. The Balaban J connectivity index is 1.85. The molecule has 4 rings (SSSR count). The van der Waals surface area contributed by atoms with Crippen LogP contribution in [-0.4, -0.2) is 4.57 Å². The fourth-order valence-electron chi connectivity index (χ4n) is 3.13. The molecule has 0 saturated carbocycles. The summed E-state index contributed by atoms with van der Waals surface area (Å²) in [6.45, 7) is 0. The second-order valence-corrected chi connectivity index (χ2v) is 6.62. The van der Waals surface area contributed by atoms with Crippen LogP contribution in [0.4, 0.5) is 0 Å². The molecule has 4 aromatic rings. The van der Waals surface area contributed by atoms with Crippen LogP contribution in [-0.2, 0) is 7.05 Å². The van der Waals surface area contributed by atoms with Crippen LogP contribution in [0.2, 0.25) is 0 Å². The van der Waals surface area contributed by atoms with Crippen molar-refractivity contribution in [2.24, 2.45) is 7.05 Å². The number of hydrogen-bond donors (Lipinski definition) is 1. The van der Waals surface area contributed by atoms with Gasteiger partial charge in [0, 0.05) is 22.7 Å². The molecule has 2 nitrogen and oxygen atoms in total. The van der Waals surface area contributed by atoms with E-state index in [1.807, 2.05) is 67.7 Å². The van der Waals surface area contributed by atoms with Crippen LogP contribution < -0.4 is 5.43 Å². The highest BCUT2D eigenvalue weighted by Crippen LogP contribution is 2.20. The number of pyridine rings is 1. The van der Waals surface area contributed by atoms with Crippen molar-refractivity contribution in [3.63, 3.8) is 0 Å². The van der Waals surface area contributed by atoms with Gasteiger partial charge in [-0.2, -0.15) is 0 Å². The summed E-state index contributed by atoms with van der Waals surface area (Å²) in [5, 5.41) is 1.51. The molecular formula is C22H17NOS. The van der Waals surface area contributed by atoms with Gasteiger partial charge in [-0.1, -0.05) is 42.5 Å². The normalized spacial score (nSPS) is 11.6. The smallest absolute Gasteiger partial charge is 0.197 e. The lowest BCUT2D eigenvalue weighted by atomic mass is 10.1. The summed E-state index contributed by atoms with van der Waals surface area (Å²) in [5.41, 5.74) is 4.16. The van der Waals surface area contributed by atoms with Crippen molar-refractivity contribution < 1.29 is 0 Å². The van der Waals surface area contributed by atoms with Crippen LogP contribution in [0, 0.1) is 0 Å². The molecule has 0 unspecified atom stereocenters. The topological polar surface area (TPSA) is 22.0 Å². The minimum atomic E-state index is 0.0867. The highest BCUT2D eigenvalue weighted by Gasteiger charge is 2.08. The Kier molecular flexibility index (Phi) is 3.94. The Morgan fingerprint density at radius 1 is 0.800 bits per heavy atom. The van der Waals surface area contributed by atoms with Gasteiger partial charge in [0.1, 0.15) is 0 Å². The Morgan fingerprint density at radius 3 is 2.24 bits per heavy atom. The fraction of sp³-hybridized carbons (Fsp3) is 0.0455. The summed E-state index contributed by atoms with van der Waals surface area (Å²) in [6.07, 6.45) is 4.13. The maximum absolute atomic E-state index is 12.7. The van der Waals surface area contributed by atoms with Gasteiger partial charge in [-0.05, 0) is 47.5 Å². The molecule has 0 aliphatic rings. The number of hydrogen-bond acceptors (Lipinski definition) is 2. The van der Waals surface area contributed by atoms with E-state index in [9.17, 15) is 4.79 Å². The van der Waals surface area contributed by atoms with Crippen LogP contribution in [0.5, 0.6) is 0 Å². The third-order valence-electron chi connectivity index (χ3n) is 4.50. The van der Waals surface area contributed by atoms with Gasteiger partial charge in [0.15, 0.2) is 5.43 Å². The molecule has 0 saturated heterocycles. The quantitative estimate of drug-likeness (QED) is 0.303. The van der Waals surface area contributed by atoms with E-state index in [0.29, 0.717) is 0 Å². The third-order valence-corrected chi connectivity index (χ3v) is 4.80. The van der Waals surface area contributed by atoms with Crippen molar-refractivity contribution in [3.05, 3.63) is 88.1 Å². The van der Waals surface area contributed by atoms with Crippen LogP contribution in [0.25, 0.3) is 34.0 Å². The summed E-state index contributed by atoms with van der Waals surface area (Å²) >= 11 is 4.30. The molecule has 0 spiro atoms. The van der Waals surface area contributed by atoms with E-state index in [4.69, 9.17) is 0 Å². The van der Waals surface area contributed by atoms with E-state index in [2.05, 4.69) is 35.4 Å². The molecule has 0 fully saturated rings. The highest BCUT2D eigenvalue weighted by atomic mass is 32.1. The predicted octanol–water partition coefficient (Wildman–Crippen LogP) is 5.15. The summed E-state index contributed by atoms with van der Waals surface area (Å²) in [5.74, 6) is 0. The zero-order chi connectivity index (χ0) is 17.4. The summed E-state index contributed by atoms with van der Waals surface area (Å²) in [7, 11) is 2.00. The maximum Gasteiger partial charge on any atom is 0.197 e. The number of fused-ring (bicyclic) bond motifs is 2. The number of benzene rings is 3. The van der Waals surface area contributed by atoms with Gasteiger partial charge in [0.2, 0.25) is 0 Å². The molecule has 3 aromatic carbocycles. The molecule has 0 atom stereocenters. The number of thiol groups is 1. The van der Waals surface area contributed by atoms with E-state index in [1.54, 1.807) is 0 Å². The molecule has 122 valence electrons. The zero-order valence-corrected chi connectivity index (χ0v) is 14.7. The maximum atomic E-state index is 12.7. The van der Waals surface area contributed by atoms with Gasteiger partial charge in [0.05, 0.1) is 11.0 Å². The lowest BCUT2D eigenvalue weighted by Crippen LogP contribution is -2.08. The van der Waals surface area contributed by atoms with Gasteiger partial charge < -0.3 is 4.57 Å². The van der Waals surface area contributed by atoms with Crippen molar-refractivity contribution in [2.75, 3.05) is 0 Å². The summed E-state index contributed by atoms with van der Waals surface area (Å²) in [4.78, 5) is 13.7. The number of aromatic nitrogens is 1. The average Bonchev–Trinajstić information content (AvgIpc) is 2.65. The van der Waals surface area contributed by atoms with Gasteiger partial charge in [-0.25, -0.2) is 0 Å². The number of rotatable bonds is 2. The minimum absolute atomic E-state index is 0.0867. The van der Waals surface area contributed by atoms with E-state index >= 15 is 0 Å². The number of aryl methyl sites for hydroxylation is 1. The first kappa shape index (κ1) is 15.7. The van der Waals surface area contributed by atoms with Crippen molar-refractivity contribution in [1.82, 2.24) is 4.57 Å².